The van der Waals surface area contributed by atoms with E-state index in [1.54, 1.807) is 29.2 Å². The Morgan fingerprint density at radius 3 is 2.52 bits per heavy atom. The third-order valence-corrected chi connectivity index (χ3v) is 15.6. The molecule has 3 atom stereocenters. The molecule has 3 aliphatic carbocycles. The van der Waals surface area contributed by atoms with Crippen LogP contribution in [0, 0.1) is 11.3 Å². The molecule has 342 valence electrons. The molecule has 17 nitrogen and oxygen atoms in total. The van der Waals surface area contributed by atoms with Crippen LogP contribution in [-0.2, 0) is 14.3 Å². The number of hydrogen-bond acceptors (Lipinski definition) is 12. The van der Waals surface area contributed by atoms with Crippen molar-refractivity contribution in [2.75, 3.05) is 42.3 Å². The van der Waals surface area contributed by atoms with Gasteiger partial charge in [-0.05, 0) is 114 Å². The Labute approximate surface area is 373 Å². The van der Waals surface area contributed by atoms with Gasteiger partial charge in [-0.3, -0.25) is 38.9 Å². The molecule has 7 aliphatic rings. The molecule has 1 unspecified atom stereocenters. The van der Waals surface area contributed by atoms with E-state index in [0.717, 1.165) is 94.4 Å². The van der Waals surface area contributed by atoms with Crippen molar-refractivity contribution >= 4 is 52.4 Å². The second-order valence-corrected chi connectivity index (χ2v) is 19.5. The summed E-state index contributed by atoms with van der Waals surface area (Å²) in [5, 5.41) is 17.1. The van der Waals surface area contributed by atoms with Crippen molar-refractivity contribution in [3.63, 3.8) is 0 Å². The third kappa shape index (κ3) is 7.53. The quantitative estimate of drug-likeness (QED) is 0.164. The van der Waals surface area contributed by atoms with Gasteiger partial charge in [-0.2, -0.15) is 10.2 Å². The number of imide groups is 2. The summed E-state index contributed by atoms with van der Waals surface area (Å²) in [6.45, 7) is 2.35. The lowest BCUT2D eigenvalue weighted by atomic mass is 9.57. The van der Waals surface area contributed by atoms with E-state index >= 15 is 0 Å². The zero-order valence-corrected chi connectivity index (χ0v) is 36.3. The normalized spacial score (nSPS) is 29.9. The standard InChI is InChI=1S/C46H53F2N11O6/c1-55(27-11-14-46(15-12-27)18-26(19-46)50-33-4-2-3-31-38(33)45(64)59(44(31)63)35-9-10-37(60)53-43(35)62)21-25-5-7-28(8-6-25)58-23-34(39(54-58)40(47)48)51-42(61)32-20-49-57-16-13-36(52-41(32)57)56-22-30-17-29(56)24-65-30/h2-4,13,16,20,23,25-30,35,40,50H,5-12,14-15,17-19,21-22,24H2,1H3,(H,51,61)(H,53,60,62)/t25-,26?,27?,28-,29-,30-,35?,46?/m1/s1. The Morgan fingerprint density at radius 1 is 1.00 bits per heavy atom. The van der Waals surface area contributed by atoms with Crippen LogP contribution in [0.15, 0.2) is 42.9 Å². The van der Waals surface area contributed by atoms with E-state index in [0.29, 0.717) is 35.5 Å². The van der Waals surface area contributed by atoms with Gasteiger partial charge in [-0.25, -0.2) is 18.3 Å². The fraction of sp³-hybridized carbons (Fsp3) is 0.565. The molecular weight excluding hydrogens is 841 g/mol. The minimum absolute atomic E-state index is 0.00599. The average Bonchev–Trinajstić information content (AvgIpc) is 4.14. The van der Waals surface area contributed by atoms with E-state index < -0.39 is 47.7 Å². The first-order valence-corrected chi connectivity index (χ1v) is 23.1. The van der Waals surface area contributed by atoms with Crippen LogP contribution in [0.25, 0.3) is 5.65 Å². The van der Waals surface area contributed by atoms with Gasteiger partial charge in [-0.15, -0.1) is 0 Å². The average molecular weight is 894 g/mol. The summed E-state index contributed by atoms with van der Waals surface area (Å²) < 4.78 is 37.6. The van der Waals surface area contributed by atoms with Gasteiger partial charge in [-0.1, -0.05) is 6.07 Å². The second kappa shape index (κ2) is 16.3. The van der Waals surface area contributed by atoms with Crippen molar-refractivity contribution in [1.82, 2.24) is 39.5 Å². The number of amides is 5. The molecule has 4 aliphatic heterocycles. The largest absolute Gasteiger partial charge is 0.382 e. The third-order valence-electron chi connectivity index (χ3n) is 15.6. The Morgan fingerprint density at radius 2 is 1.80 bits per heavy atom. The SMILES string of the molecule is CN(C[C@H]1CC[C@H](n2cc(NC(=O)c3cnn4ccc(N5C[C@H]6C[C@@H]5CO6)nc34)c(C(F)F)n2)CC1)C1CCC2(CC1)CC(Nc1cccc3c1C(=O)N(C1CCC(=O)NC1=O)C3=O)C2. The maximum atomic E-state index is 14.3. The van der Waals surface area contributed by atoms with Gasteiger partial charge in [0.2, 0.25) is 11.8 Å². The molecule has 7 heterocycles. The molecule has 6 fully saturated rings. The summed E-state index contributed by atoms with van der Waals surface area (Å²) in [6, 6.07) is 6.91. The topological polar surface area (TPSA) is 188 Å². The van der Waals surface area contributed by atoms with Gasteiger partial charge in [0.15, 0.2) is 11.3 Å². The Balaban J connectivity index is 0.654. The van der Waals surface area contributed by atoms with Gasteiger partial charge in [0.05, 0.1) is 47.8 Å². The first-order chi connectivity index (χ1) is 31.4. The maximum absolute atomic E-state index is 14.3. The highest BCUT2D eigenvalue weighted by Crippen LogP contribution is 2.53. The van der Waals surface area contributed by atoms with E-state index in [1.165, 1.54) is 10.7 Å². The van der Waals surface area contributed by atoms with Gasteiger partial charge in [0.25, 0.3) is 24.1 Å². The number of hydrogen-bond donors (Lipinski definition) is 3. The van der Waals surface area contributed by atoms with Gasteiger partial charge in [0.1, 0.15) is 17.4 Å². The highest BCUT2D eigenvalue weighted by molar-refractivity contribution is 6.25. The van der Waals surface area contributed by atoms with Crippen LogP contribution in [-0.4, -0.2) is 121 Å². The van der Waals surface area contributed by atoms with Crippen molar-refractivity contribution in [3.8, 4) is 0 Å². The molecular formula is C46H53F2N11O6. The molecule has 5 amide bonds. The Kier molecular flexibility index (Phi) is 10.5. The zero-order valence-electron chi connectivity index (χ0n) is 36.3. The molecule has 19 heteroatoms. The first-order valence-electron chi connectivity index (χ1n) is 23.1. The zero-order chi connectivity index (χ0) is 44.7. The van der Waals surface area contributed by atoms with Crippen molar-refractivity contribution in [1.29, 1.82) is 0 Å². The number of nitrogens with one attached hydrogen (secondary N) is 3. The number of benzene rings is 1. The summed E-state index contributed by atoms with van der Waals surface area (Å²) in [4.78, 5) is 75.2. The van der Waals surface area contributed by atoms with E-state index in [1.807, 2.05) is 12.1 Å². The highest BCUT2D eigenvalue weighted by Gasteiger charge is 2.49. The number of fused-ring (bicyclic) bond motifs is 4. The van der Waals surface area contributed by atoms with E-state index in [2.05, 4.69) is 43.0 Å². The van der Waals surface area contributed by atoms with Crippen molar-refractivity contribution in [2.24, 2.45) is 11.3 Å². The smallest absolute Gasteiger partial charge is 0.284 e. The molecule has 1 aromatic carbocycles. The van der Waals surface area contributed by atoms with Crippen molar-refractivity contribution in [2.45, 2.75) is 126 Å². The second-order valence-electron chi connectivity index (χ2n) is 19.5. The van der Waals surface area contributed by atoms with Gasteiger partial charge < -0.3 is 25.2 Å². The van der Waals surface area contributed by atoms with Crippen LogP contribution >= 0.6 is 0 Å². The molecule has 1 spiro atoms. The Hall–Kier alpha value is -5.82. The number of anilines is 3. The molecule has 3 saturated carbocycles. The molecule has 3 saturated heterocycles. The number of piperidine rings is 1. The predicted octanol–water partition coefficient (Wildman–Crippen LogP) is 5.36. The fourth-order valence-corrected chi connectivity index (χ4v) is 12.1. The first kappa shape index (κ1) is 41.9. The summed E-state index contributed by atoms with van der Waals surface area (Å²) in [5.41, 5.74) is 1.53. The lowest BCUT2D eigenvalue weighted by Crippen LogP contribution is -2.54. The monoisotopic (exact) mass is 893 g/mol. The number of nitrogens with zero attached hydrogens (tertiary/aromatic N) is 8. The Bertz CT molecular complexity index is 2570. The number of alkyl halides is 2. The van der Waals surface area contributed by atoms with Crippen molar-refractivity contribution < 1.29 is 37.5 Å². The van der Waals surface area contributed by atoms with Gasteiger partial charge >= 0.3 is 0 Å². The van der Waals surface area contributed by atoms with E-state index in [4.69, 9.17) is 9.72 Å². The summed E-state index contributed by atoms with van der Waals surface area (Å²) in [7, 11) is 2.22. The van der Waals surface area contributed by atoms with Crippen LogP contribution in [0.5, 0.6) is 0 Å². The fourth-order valence-electron chi connectivity index (χ4n) is 12.1. The van der Waals surface area contributed by atoms with Crippen molar-refractivity contribution in [3.05, 3.63) is 65.2 Å². The number of carbonyl (C=O) groups is 5. The molecule has 0 radical (unpaired) electrons. The van der Waals surface area contributed by atoms with Gasteiger partial charge in [0, 0.05) is 49.7 Å². The molecule has 65 heavy (non-hydrogen) atoms. The van der Waals surface area contributed by atoms with E-state index in [-0.39, 0.29) is 59.3 Å². The highest BCUT2D eigenvalue weighted by atomic mass is 19.3. The van der Waals surface area contributed by atoms with Crippen LogP contribution in [0.2, 0.25) is 0 Å². The molecule has 3 N–H and O–H groups in total. The van der Waals surface area contributed by atoms with Crippen LogP contribution in [0.3, 0.4) is 0 Å². The number of ether oxygens (including phenoxy) is 1. The lowest BCUT2D eigenvalue weighted by molar-refractivity contribution is -0.136. The number of morpholine rings is 1. The lowest BCUT2D eigenvalue weighted by Gasteiger charge is -2.53. The van der Waals surface area contributed by atoms with Crippen LogP contribution in [0.4, 0.5) is 26.0 Å². The molecule has 4 aromatic rings. The summed E-state index contributed by atoms with van der Waals surface area (Å²) in [5.74, 6) is -1.38. The molecule has 3 aromatic heterocycles. The van der Waals surface area contributed by atoms with E-state index in [9.17, 15) is 32.8 Å². The minimum Gasteiger partial charge on any atom is -0.382 e. The number of carbonyl (C=O) groups excluding carboxylic acids is 5. The minimum atomic E-state index is -2.86. The molecule has 2 bridgehead atoms. The summed E-state index contributed by atoms with van der Waals surface area (Å²) >= 11 is 0. The van der Waals surface area contributed by atoms with Crippen LogP contribution in [0.1, 0.15) is 133 Å². The number of aromatic nitrogens is 5. The maximum Gasteiger partial charge on any atom is 0.284 e. The molecule has 11 rings (SSSR count). The predicted molar refractivity (Wildman–Crippen MR) is 232 cm³/mol. The van der Waals surface area contributed by atoms with Crippen LogP contribution < -0.4 is 20.9 Å². The number of halogens is 2. The number of rotatable bonds is 11. The summed E-state index contributed by atoms with van der Waals surface area (Å²) in [6.07, 6.45) is 13.1.